The molecule has 6 nitrogen and oxygen atoms in total. The monoisotopic (exact) mass is 357 g/mol. The van der Waals surface area contributed by atoms with Crippen LogP contribution in [0.4, 0.5) is 0 Å². The van der Waals surface area contributed by atoms with Gasteiger partial charge >= 0.3 is 0 Å². The van der Waals surface area contributed by atoms with Crippen molar-refractivity contribution < 1.29 is 13.9 Å². The molecule has 1 aromatic carbocycles. The van der Waals surface area contributed by atoms with E-state index in [1.807, 2.05) is 24.3 Å². The lowest BCUT2D eigenvalue weighted by Crippen LogP contribution is -2.49. The molecule has 0 radical (unpaired) electrons. The number of rotatable bonds is 8. The van der Waals surface area contributed by atoms with E-state index in [2.05, 4.69) is 27.2 Å². The number of amides is 1. The quantitative estimate of drug-likeness (QED) is 0.780. The molecule has 1 fully saturated rings. The second-order valence-corrected chi connectivity index (χ2v) is 6.57. The Morgan fingerprint density at radius 2 is 1.85 bits per heavy atom. The highest BCUT2D eigenvalue weighted by Crippen LogP contribution is 2.12. The minimum absolute atomic E-state index is 0.0492. The standard InChI is InChI=1S/C20H27N3O3/c1-25-18-6-4-17(5-7-18)8-9-22-10-12-23(13-11-22)16-20(24)21-15-19-3-2-14-26-19/h2-7,14H,8-13,15-16H2,1H3,(H,21,24). The lowest BCUT2D eigenvalue weighted by Gasteiger charge is -2.34. The topological polar surface area (TPSA) is 58.0 Å². The van der Waals surface area contributed by atoms with Crippen LogP contribution in [0.25, 0.3) is 0 Å². The number of ether oxygens (including phenoxy) is 1. The van der Waals surface area contributed by atoms with Gasteiger partial charge in [-0.05, 0) is 36.2 Å². The molecule has 1 aliphatic rings. The summed E-state index contributed by atoms with van der Waals surface area (Å²) in [7, 11) is 1.69. The van der Waals surface area contributed by atoms with Gasteiger partial charge < -0.3 is 19.4 Å². The van der Waals surface area contributed by atoms with Crippen LogP contribution in [0, 0.1) is 0 Å². The first-order valence-electron chi connectivity index (χ1n) is 9.09. The molecule has 1 saturated heterocycles. The maximum Gasteiger partial charge on any atom is 0.234 e. The van der Waals surface area contributed by atoms with E-state index in [0.717, 1.165) is 50.7 Å². The van der Waals surface area contributed by atoms with Gasteiger partial charge in [-0.1, -0.05) is 12.1 Å². The zero-order valence-corrected chi connectivity index (χ0v) is 15.3. The number of carbonyl (C=O) groups is 1. The van der Waals surface area contributed by atoms with Gasteiger partial charge in [-0.2, -0.15) is 0 Å². The fourth-order valence-corrected chi connectivity index (χ4v) is 3.11. The summed E-state index contributed by atoms with van der Waals surface area (Å²) in [6, 6.07) is 12.0. The van der Waals surface area contributed by atoms with Gasteiger partial charge in [0.25, 0.3) is 0 Å². The van der Waals surface area contributed by atoms with Crippen LogP contribution in [-0.4, -0.2) is 62.1 Å². The molecule has 26 heavy (non-hydrogen) atoms. The third-order valence-corrected chi connectivity index (χ3v) is 4.75. The Morgan fingerprint density at radius 1 is 1.12 bits per heavy atom. The van der Waals surface area contributed by atoms with Crippen LogP contribution < -0.4 is 10.1 Å². The molecule has 0 unspecified atom stereocenters. The predicted octanol–water partition coefficient (Wildman–Crippen LogP) is 1.76. The van der Waals surface area contributed by atoms with Crippen molar-refractivity contribution >= 4 is 5.91 Å². The van der Waals surface area contributed by atoms with E-state index in [4.69, 9.17) is 9.15 Å². The second-order valence-electron chi connectivity index (χ2n) is 6.57. The van der Waals surface area contributed by atoms with Crippen LogP contribution in [-0.2, 0) is 17.8 Å². The van der Waals surface area contributed by atoms with Gasteiger partial charge in [-0.15, -0.1) is 0 Å². The Kier molecular flexibility index (Phi) is 6.68. The molecular weight excluding hydrogens is 330 g/mol. The molecular formula is C20H27N3O3. The molecule has 2 heterocycles. The van der Waals surface area contributed by atoms with Gasteiger partial charge in [-0.25, -0.2) is 0 Å². The Morgan fingerprint density at radius 3 is 2.50 bits per heavy atom. The summed E-state index contributed by atoms with van der Waals surface area (Å²) in [6.45, 7) is 5.81. The normalized spacial score (nSPS) is 15.7. The molecule has 1 amide bonds. The van der Waals surface area contributed by atoms with Gasteiger partial charge in [0.15, 0.2) is 0 Å². The summed E-state index contributed by atoms with van der Waals surface area (Å²) in [6.07, 6.45) is 2.65. The summed E-state index contributed by atoms with van der Waals surface area (Å²) < 4.78 is 10.4. The van der Waals surface area contributed by atoms with Gasteiger partial charge in [-0.3, -0.25) is 9.69 Å². The average Bonchev–Trinajstić information content (AvgIpc) is 3.20. The number of hydrogen-bond acceptors (Lipinski definition) is 5. The molecule has 0 bridgehead atoms. The molecule has 1 aromatic heterocycles. The Balaban J connectivity index is 1.32. The lowest BCUT2D eigenvalue weighted by atomic mass is 10.1. The highest BCUT2D eigenvalue weighted by Gasteiger charge is 2.18. The zero-order chi connectivity index (χ0) is 18.2. The van der Waals surface area contributed by atoms with Crippen molar-refractivity contribution in [1.29, 1.82) is 0 Å². The Bertz CT molecular complexity index is 662. The van der Waals surface area contributed by atoms with Crippen molar-refractivity contribution in [2.75, 3.05) is 46.4 Å². The molecule has 1 aliphatic heterocycles. The van der Waals surface area contributed by atoms with E-state index >= 15 is 0 Å². The van der Waals surface area contributed by atoms with Gasteiger partial charge in [0, 0.05) is 32.7 Å². The minimum atomic E-state index is 0.0492. The molecule has 2 aromatic rings. The van der Waals surface area contributed by atoms with Crippen molar-refractivity contribution in [1.82, 2.24) is 15.1 Å². The first kappa shape index (κ1) is 18.5. The van der Waals surface area contributed by atoms with E-state index < -0.39 is 0 Å². The highest BCUT2D eigenvalue weighted by molar-refractivity contribution is 5.77. The van der Waals surface area contributed by atoms with Crippen LogP contribution in [0.3, 0.4) is 0 Å². The summed E-state index contributed by atoms with van der Waals surface area (Å²) in [5.41, 5.74) is 1.32. The maximum absolute atomic E-state index is 12.0. The van der Waals surface area contributed by atoms with E-state index in [9.17, 15) is 4.79 Å². The third kappa shape index (κ3) is 5.61. The van der Waals surface area contributed by atoms with E-state index in [1.54, 1.807) is 13.4 Å². The number of benzene rings is 1. The number of piperazine rings is 1. The van der Waals surface area contributed by atoms with E-state index in [1.165, 1.54) is 5.56 Å². The van der Waals surface area contributed by atoms with Crippen molar-refractivity contribution in [2.45, 2.75) is 13.0 Å². The van der Waals surface area contributed by atoms with Crippen molar-refractivity contribution in [3.63, 3.8) is 0 Å². The molecule has 1 N–H and O–H groups in total. The van der Waals surface area contributed by atoms with E-state index in [0.29, 0.717) is 13.1 Å². The fraction of sp³-hybridized carbons (Fsp3) is 0.450. The van der Waals surface area contributed by atoms with Crippen LogP contribution in [0.5, 0.6) is 5.75 Å². The van der Waals surface area contributed by atoms with E-state index in [-0.39, 0.29) is 5.91 Å². The molecule has 0 aliphatic carbocycles. The van der Waals surface area contributed by atoms with Crippen molar-refractivity contribution in [3.8, 4) is 5.75 Å². The number of nitrogens with one attached hydrogen (secondary N) is 1. The smallest absolute Gasteiger partial charge is 0.234 e. The second kappa shape index (κ2) is 9.40. The largest absolute Gasteiger partial charge is 0.497 e. The number of hydrogen-bond donors (Lipinski definition) is 1. The SMILES string of the molecule is COc1ccc(CCN2CCN(CC(=O)NCc3ccco3)CC2)cc1. The maximum atomic E-state index is 12.0. The Hall–Kier alpha value is -2.31. The predicted molar refractivity (Wildman–Crippen MR) is 100 cm³/mol. The third-order valence-electron chi connectivity index (χ3n) is 4.75. The lowest BCUT2D eigenvalue weighted by molar-refractivity contribution is -0.122. The fourth-order valence-electron chi connectivity index (χ4n) is 3.11. The van der Waals surface area contributed by atoms with Crippen molar-refractivity contribution in [2.24, 2.45) is 0 Å². The number of methoxy groups -OCH3 is 1. The molecule has 0 atom stereocenters. The minimum Gasteiger partial charge on any atom is -0.497 e. The summed E-state index contributed by atoms with van der Waals surface area (Å²) in [4.78, 5) is 16.7. The summed E-state index contributed by atoms with van der Waals surface area (Å²) >= 11 is 0. The molecule has 0 spiro atoms. The zero-order valence-electron chi connectivity index (χ0n) is 15.3. The van der Waals surface area contributed by atoms with Gasteiger partial charge in [0.1, 0.15) is 11.5 Å². The number of furan rings is 1. The summed E-state index contributed by atoms with van der Waals surface area (Å²) in [5, 5.41) is 2.90. The van der Waals surface area contributed by atoms with Crippen LogP contribution in [0.2, 0.25) is 0 Å². The van der Waals surface area contributed by atoms with Gasteiger partial charge in [0.05, 0.1) is 26.5 Å². The Labute approximate surface area is 154 Å². The highest BCUT2D eigenvalue weighted by atomic mass is 16.5. The van der Waals surface area contributed by atoms with Crippen LogP contribution in [0.15, 0.2) is 47.1 Å². The first-order chi connectivity index (χ1) is 12.7. The molecule has 3 rings (SSSR count). The van der Waals surface area contributed by atoms with Crippen LogP contribution >= 0.6 is 0 Å². The molecule has 6 heteroatoms. The first-order valence-corrected chi connectivity index (χ1v) is 9.09. The molecule has 0 saturated carbocycles. The number of nitrogens with zero attached hydrogens (tertiary/aromatic N) is 2. The summed E-state index contributed by atoms with van der Waals surface area (Å²) in [5.74, 6) is 1.72. The molecule has 140 valence electrons. The van der Waals surface area contributed by atoms with Crippen LogP contribution in [0.1, 0.15) is 11.3 Å². The van der Waals surface area contributed by atoms with Crippen molar-refractivity contribution in [3.05, 3.63) is 54.0 Å². The average molecular weight is 357 g/mol. The number of carbonyl (C=O) groups excluding carboxylic acids is 1. The van der Waals surface area contributed by atoms with Gasteiger partial charge in [0.2, 0.25) is 5.91 Å².